The van der Waals surface area contributed by atoms with Crippen molar-refractivity contribution in [2.24, 2.45) is 11.8 Å². The van der Waals surface area contributed by atoms with Crippen molar-refractivity contribution in [3.8, 4) is 0 Å². The summed E-state index contributed by atoms with van der Waals surface area (Å²) in [4.78, 5) is 0. The van der Waals surface area contributed by atoms with Crippen molar-refractivity contribution in [1.29, 1.82) is 0 Å². The third-order valence-corrected chi connectivity index (χ3v) is 4.48. The number of rotatable bonds is 6. The lowest BCUT2D eigenvalue weighted by molar-refractivity contribution is 0.0336. The number of hydrogen-bond donors (Lipinski definition) is 1. The largest absolute Gasteiger partial charge is 0.388 e. The molecule has 0 aromatic heterocycles. The molecule has 2 aromatic rings. The first kappa shape index (κ1) is 16.4. The minimum absolute atomic E-state index is 0.0722. The van der Waals surface area contributed by atoms with E-state index in [0.717, 1.165) is 5.56 Å². The first-order valence-corrected chi connectivity index (χ1v) is 7.81. The van der Waals surface area contributed by atoms with E-state index < -0.39 is 23.9 Å². The molecule has 1 aliphatic rings. The third kappa shape index (κ3) is 3.55. The zero-order valence-electron chi connectivity index (χ0n) is 12.3. The van der Waals surface area contributed by atoms with Gasteiger partial charge in [0.2, 0.25) is 0 Å². The van der Waals surface area contributed by atoms with Gasteiger partial charge >= 0.3 is 0 Å². The molecule has 1 unspecified atom stereocenters. The second-order valence-electron chi connectivity index (χ2n) is 5.80. The maximum absolute atomic E-state index is 13.9. The average molecular weight is 339 g/mol. The van der Waals surface area contributed by atoms with E-state index in [4.69, 9.17) is 16.3 Å². The molecule has 0 amide bonds. The van der Waals surface area contributed by atoms with Gasteiger partial charge < -0.3 is 9.84 Å². The molecule has 1 aliphatic carbocycles. The molecule has 0 bridgehead atoms. The summed E-state index contributed by atoms with van der Waals surface area (Å²) in [6.45, 7) is 0.217. The Bertz CT molecular complexity index is 646. The van der Waals surface area contributed by atoms with Crippen LogP contribution in [0.2, 0.25) is 5.02 Å². The molecule has 3 rings (SSSR count). The van der Waals surface area contributed by atoms with E-state index in [-0.39, 0.29) is 13.2 Å². The maximum atomic E-state index is 13.9. The molecular weight excluding hydrogens is 322 g/mol. The first-order valence-electron chi connectivity index (χ1n) is 7.43. The Morgan fingerprint density at radius 1 is 1.09 bits per heavy atom. The van der Waals surface area contributed by atoms with Gasteiger partial charge in [0, 0.05) is 5.02 Å². The molecule has 3 atom stereocenters. The highest BCUT2D eigenvalue weighted by atomic mass is 35.5. The van der Waals surface area contributed by atoms with Gasteiger partial charge in [0.15, 0.2) is 0 Å². The minimum Gasteiger partial charge on any atom is -0.388 e. The maximum Gasteiger partial charge on any atom is 0.259 e. The minimum atomic E-state index is -2.91. The lowest BCUT2D eigenvalue weighted by Gasteiger charge is -2.10. The van der Waals surface area contributed by atoms with Gasteiger partial charge in [-0.1, -0.05) is 54.1 Å². The summed E-state index contributed by atoms with van der Waals surface area (Å²) in [6, 6.07) is 15.7. The van der Waals surface area contributed by atoms with Gasteiger partial charge in [0.25, 0.3) is 5.92 Å². The fourth-order valence-corrected chi connectivity index (χ4v) is 2.93. The monoisotopic (exact) mass is 338 g/mol. The van der Waals surface area contributed by atoms with Gasteiger partial charge in [0.1, 0.15) is 0 Å². The van der Waals surface area contributed by atoms with E-state index in [9.17, 15) is 13.9 Å². The smallest absolute Gasteiger partial charge is 0.259 e. The van der Waals surface area contributed by atoms with Crippen LogP contribution in [0.5, 0.6) is 0 Å². The normalized spacial score (nSPS) is 23.5. The molecular formula is C18H17ClF2O2. The van der Waals surface area contributed by atoms with Crippen molar-refractivity contribution < 1.29 is 18.6 Å². The molecule has 0 radical (unpaired) electrons. The molecule has 2 nitrogen and oxygen atoms in total. The van der Waals surface area contributed by atoms with E-state index in [0.29, 0.717) is 10.6 Å². The summed E-state index contributed by atoms with van der Waals surface area (Å²) in [5.41, 5.74) is 1.39. The van der Waals surface area contributed by atoms with Gasteiger partial charge in [-0.25, -0.2) is 8.78 Å². The molecule has 0 saturated heterocycles. The van der Waals surface area contributed by atoms with E-state index in [1.165, 1.54) is 0 Å². The van der Waals surface area contributed by atoms with Crippen LogP contribution >= 0.6 is 11.6 Å². The highest BCUT2D eigenvalue weighted by Gasteiger charge is 2.70. The fraction of sp³-hybridized carbons (Fsp3) is 0.333. The summed E-state index contributed by atoms with van der Waals surface area (Å²) in [5.74, 6) is -4.98. The summed E-state index contributed by atoms with van der Waals surface area (Å²) < 4.78 is 33.3. The average Bonchev–Trinajstić information content (AvgIpc) is 3.09. The zero-order chi connectivity index (χ0) is 16.4. The van der Waals surface area contributed by atoms with Gasteiger partial charge in [0.05, 0.1) is 31.2 Å². The first-order chi connectivity index (χ1) is 11.0. The molecule has 122 valence electrons. The lowest BCUT2D eigenvalue weighted by atomic mass is 10.0. The predicted octanol–water partition coefficient (Wildman–Crippen LogP) is 4.47. The van der Waals surface area contributed by atoms with Crippen LogP contribution in [0.1, 0.15) is 17.2 Å². The number of aliphatic hydroxyl groups is 1. The summed E-state index contributed by atoms with van der Waals surface area (Å²) >= 11 is 5.77. The SMILES string of the molecule is OC(c1ccc(Cl)cc1)[C@@H]1[C@@H](COCc2ccccc2)C1(F)F. The molecule has 1 N–H and O–H groups in total. The Hall–Kier alpha value is -1.49. The van der Waals surface area contributed by atoms with Crippen molar-refractivity contribution in [2.45, 2.75) is 18.6 Å². The summed E-state index contributed by atoms with van der Waals surface area (Å²) in [7, 11) is 0. The number of halogens is 3. The van der Waals surface area contributed by atoms with Crippen LogP contribution in [0.25, 0.3) is 0 Å². The molecule has 1 fully saturated rings. The number of aliphatic hydroxyl groups excluding tert-OH is 1. The van der Waals surface area contributed by atoms with Crippen LogP contribution in [-0.2, 0) is 11.3 Å². The van der Waals surface area contributed by atoms with Crippen LogP contribution in [-0.4, -0.2) is 17.6 Å². The van der Waals surface area contributed by atoms with Crippen LogP contribution in [0.4, 0.5) is 8.78 Å². The van der Waals surface area contributed by atoms with Crippen molar-refractivity contribution >= 4 is 11.6 Å². The number of ether oxygens (including phenoxy) is 1. The topological polar surface area (TPSA) is 29.5 Å². The zero-order valence-corrected chi connectivity index (χ0v) is 13.1. The second-order valence-corrected chi connectivity index (χ2v) is 6.24. The quantitative estimate of drug-likeness (QED) is 0.842. The van der Waals surface area contributed by atoms with E-state index in [1.54, 1.807) is 24.3 Å². The van der Waals surface area contributed by atoms with Gasteiger partial charge in [-0.15, -0.1) is 0 Å². The molecule has 0 spiro atoms. The Morgan fingerprint density at radius 2 is 1.74 bits per heavy atom. The second kappa shape index (κ2) is 6.56. The van der Waals surface area contributed by atoms with Gasteiger partial charge in [-0.2, -0.15) is 0 Å². The third-order valence-electron chi connectivity index (χ3n) is 4.22. The lowest BCUT2D eigenvalue weighted by Crippen LogP contribution is -2.06. The van der Waals surface area contributed by atoms with Gasteiger partial charge in [-0.05, 0) is 23.3 Å². The van der Waals surface area contributed by atoms with Crippen molar-refractivity contribution in [3.05, 3.63) is 70.7 Å². The van der Waals surface area contributed by atoms with E-state index >= 15 is 0 Å². The van der Waals surface area contributed by atoms with Crippen LogP contribution in [0, 0.1) is 11.8 Å². The van der Waals surface area contributed by atoms with Crippen molar-refractivity contribution in [2.75, 3.05) is 6.61 Å². The fourth-order valence-electron chi connectivity index (χ4n) is 2.81. The van der Waals surface area contributed by atoms with E-state index in [1.807, 2.05) is 30.3 Å². The Morgan fingerprint density at radius 3 is 2.39 bits per heavy atom. The standard InChI is InChI=1S/C18H17ClF2O2/c19-14-8-6-13(7-9-14)17(22)16-15(18(16,20)21)11-23-10-12-4-2-1-3-5-12/h1-9,15-17,22H,10-11H2/t15-,16+,17?/m1/s1. The Balaban J connectivity index is 1.57. The molecule has 0 heterocycles. The molecule has 0 aliphatic heterocycles. The van der Waals surface area contributed by atoms with Crippen molar-refractivity contribution in [3.63, 3.8) is 0 Å². The van der Waals surface area contributed by atoms with Crippen molar-refractivity contribution in [1.82, 2.24) is 0 Å². The summed E-state index contributed by atoms with van der Waals surface area (Å²) in [6.07, 6.45) is -1.22. The number of hydrogen-bond acceptors (Lipinski definition) is 2. The van der Waals surface area contributed by atoms with E-state index in [2.05, 4.69) is 0 Å². The highest BCUT2D eigenvalue weighted by Crippen LogP contribution is 2.60. The molecule has 2 aromatic carbocycles. The molecule has 1 saturated carbocycles. The summed E-state index contributed by atoms with van der Waals surface area (Å²) in [5, 5.41) is 10.7. The van der Waals surface area contributed by atoms with Crippen LogP contribution in [0.15, 0.2) is 54.6 Å². The number of alkyl halides is 2. The molecule has 23 heavy (non-hydrogen) atoms. The Kier molecular flexibility index (Phi) is 4.67. The van der Waals surface area contributed by atoms with Gasteiger partial charge in [-0.3, -0.25) is 0 Å². The number of benzene rings is 2. The Labute approximate surface area is 138 Å². The van der Waals surface area contributed by atoms with Crippen LogP contribution < -0.4 is 0 Å². The molecule has 5 heteroatoms. The highest BCUT2D eigenvalue weighted by molar-refractivity contribution is 6.30. The van der Waals surface area contributed by atoms with Crippen LogP contribution in [0.3, 0.4) is 0 Å². The predicted molar refractivity (Wildman–Crippen MR) is 84.4 cm³/mol.